The molecule has 184 valence electrons. The molecule has 2 aliphatic heterocycles. The summed E-state index contributed by atoms with van der Waals surface area (Å²) < 4.78 is 16.2. The molecule has 35 heavy (non-hydrogen) atoms. The first kappa shape index (κ1) is 24.5. The van der Waals surface area contributed by atoms with Crippen LogP contribution in [-0.2, 0) is 14.3 Å². The number of morpholine rings is 1. The van der Waals surface area contributed by atoms with Crippen molar-refractivity contribution in [3.8, 4) is 11.5 Å². The summed E-state index contributed by atoms with van der Waals surface area (Å²) >= 11 is 0. The smallest absolute Gasteiger partial charge is 0.295 e. The Kier molecular flexibility index (Phi) is 7.84. The highest BCUT2D eigenvalue weighted by Gasteiger charge is 2.46. The number of carbonyl (C=O) groups is 2. The minimum Gasteiger partial charge on any atom is -0.507 e. The van der Waals surface area contributed by atoms with Crippen molar-refractivity contribution in [2.75, 3.05) is 53.1 Å². The topological polar surface area (TPSA) is 88.5 Å². The number of carbonyl (C=O) groups excluding carboxylic acids is 2. The van der Waals surface area contributed by atoms with E-state index in [-0.39, 0.29) is 11.3 Å². The first-order valence-corrected chi connectivity index (χ1v) is 11.6. The van der Waals surface area contributed by atoms with Crippen LogP contribution < -0.4 is 9.47 Å². The van der Waals surface area contributed by atoms with E-state index >= 15 is 0 Å². The molecule has 2 fully saturated rings. The van der Waals surface area contributed by atoms with Gasteiger partial charge in [-0.2, -0.15) is 0 Å². The van der Waals surface area contributed by atoms with E-state index < -0.39 is 17.7 Å². The molecule has 2 saturated heterocycles. The van der Waals surface area contributed by atoms with Gasteiger partial charge in [-0.25, -0.2) is 0 Å². The average molecular weight is 479 g/mol. The molecule has 2 aromatic carbocycles. The molecule has 0 radical (unpaired) electrons. The number of aliphatic hydroxyl groups excluding tert-OH is 1. The van der Waals surface area contributed by atoms with Gasteiger partial charge in [0.2, 0.25) is 0 Å². The normalized spacial score (nSPS) is 20.1. The second kappa shape index (κ2) is 11.2. The molecule has 0 aliphatic carbocycles. The molecule has 2 heterocycles. The van der Waals surface area contributed by atoms with Gasteiger partial charge in [-0.05, 0) is 42.0 Å². The molecule has 4 rings (SSSR count). The fourth-order valence-corrected chi connectivity index (χ4v) is 4.34. The Balaban J connectivity index is 1.69. The highest BCUT2D eigenvalue weighted by Crippen LogP contribution is 2.39. The van der Waals surface area contributed by atoms with Crippen molar-refractivity contribution in [3.05, 3.63) is 77.9 Å². The lowest BCUT2D eigenvalue weighted by molar-refractivity contribution is -0.140. The van der Waals surface area contributed by atoms with Crippen molar-refractivity contribution in [3.63, 3.8) is 0 Å². The van der Waals surface area contributed by atoms with Gasteiger partial charge in [0, 0.05) is 31.7 Å². The Morgan fingerprint density at radius 2 is 1.71 bits per heavy atom. The van der Waals surface area contributed by atoms with Crippen LogP contribution >= 0.6 is 0 Å². The van der Waals surface area contributed by atoms with Crippen LogP contribution in [0.15, 0.2) is 66.8 Å². The lowest BCUT2D eigenvalue weighted by Gasteiger charge is -2.31. The molecule has 8 nitrogen and oxygen atoms in total. The third-order valence-corrected chi connectivity index (χ3v) is 6.23. The molecular weight excluding hydrogens is 448 g/mol. The van der Waals surface area contributed by atoms with E-state index in [0.29, 0.717) is 50.0 Å². The molecule has 1 amide bonds. The summed E-state index contributed by atoms with van der Waals surface area (Å²) in [6.07, 6.45) is 1.64. The van der Waals surface area contributed by atoms with E-state index in [0.717, 1.165) is 18.7 Å². The van der Waals surface area contributed by atoms with E-state index in [2.05, 4.69) is 11.5 Å². The van der Waals surface area contributed by atoms with Crippen LogP contribution in [0.1, 0.15) is 17.2 Å². The first-order chi connectivity index (χ1) is 17.0. The number of amides is 1. The quantitative estimate of drug-likeness (QED) is 0.257. The Morgan fingerprint density at radius 3 is 2.34 bits per heavy atom. The molecule has 8 heteroatoms. The number of nitrogens with zero attached hydrogens (tertiary/aromatic N) is 2. The number of methoxy groups -OCH3 is 1. The fraction of sp³-hybridized carbons (Fsp3) is 0.333. The summed E-state index contributed by atoms with van der Waals surface area (Å²) in [7, 11) is 1.58. The summed E-state index contributed by atoms with van der Waals surface area (Å²) in [6, 6.07) is 13.2. The molecule has 0 spiro atoms. The van der Waals surface area contributed by atoms with Gasteiger partial charge in [0.05, 0.1) is 31.9 Å². The van der Waals surface area contributed by atoms with Gasteiger partial charge in [-0.1, -0.05) is 24.8 Å². The summed E-state index contributed by atoms with van der Waals surface area (Å²) in [5.74, 6) is -0.259. The fourth-order valence-electron chi connectivity index (χ4n) is 4.34. The van der Waals surface area contributed by atoms with Gasteiger partial charge in [0.25, 0.3) is 11.7 Å². The number of ether oxygens (including phenoxy) is 3. The maximum atomic E-state index is 13.2. The molecule has 2 aromatic rings. The zero-order chi connectivity index (χ0) is 24.8. The van der Waals surface area contributed by atoms with Crippen LogP contribution in [0.3, 0.4) is 0 Å². The first-order valence-electron chi connectivity index (χ1n) is 11.6. The average Bonchev–Trinajstić information content (AvgIpc) is 3.16. The highest BCUT2D eigenvalue weighted by atomic mass is 16.5. The number of likely N-dealkylation sites (tertiary alicyclic amines) is 1. The van der Waals surface area contributed by atoms with E-state index in [1.807, 2.05) is 12.1 Å². The lowest BCUT2D eigenvalue weighted by atomic mass is 9.95. The van der Waals surface area contributed by atoms with Gasteiger partial charge >= 0.3 is 0 Å². The molecular formula is C27H30N2O6. The summed E-state index contributed by atoms with van der Waals surface area (Å²) in [5, 5.41) is 11.2. The Labute approximate surface area is 205 Å². The summed E-state index contributed by atoms with van der Waals surface area (Å²) in [6.45, 7) is 7.79. The Hall–Kier alpha value is -3.62. The van der Waals surface area contributed by atoms with E-state index in [9.17, 15) is 14.7 Å². The third-order valence-electron chi connectivity index (χ3n) is 6.23. The van der Waals surface area contributed by atoms with E-state index in [1.165, 1.54) is 0 Å². The van der Waals surface area contributed by atoms with E-state index in [1.54, 1.807) is 54.5 Å². The van der Waals surface area contributed by atoms with Crippen molar-refractivity contribution < 1.29 is 28.9 Å². The number of hydrogen-bond donors (Lipinski definition) is 1. The van der Waals surface area contributed by atoms with Crippen LogP contribution in [0.5, 0.6) is 11.5 Å². The third kappa shape index (κ3) is 5.39. The highest BCUT2D eigenvalue weighted by molar-refractivity contribution is 6.46. The van der Waals surface area contributed by atoms with Crippen molar-refractivity contribution >= 4 is 17.4 Å². The minimum absolute atomic E-state index is 0.0712. The van der Waals surface area contributed by atoms with Gasteiger partial charge in [-0.3, -0.25) is 14.5 Å². The number of aliphatic hydroxyl groups is 1. The minimum atomic E-state index is -0.710. The molecule has 1 N–H and O–H groups in total. The van der Waals surface area contributed by atoms with Crippen LogP contribution in [0, 0.1) is 0 Å². The number of ketones is 1. The molecule has 0 aromatic heterocycles. The van der Waals surface area contributed by atoms with Gasteiger partial charge in [-0.15, -0.1) is 0 Å². The largest absolute Gasteiger partial charge is 0.507 e. The van der Waals surface area contributed by atoms with Gasteiger partial charge < -0.3 is 24.2 Å². The number of benzene rings is 2. The number of hydrogen-bond acceptors (Lipinski definition) is 7. The molecule has 2 aliphatic rings. The predicted octanol–water partition coefficient (Wildman–Crippen LogP) is 3.01. The van der Waals surface area contributed by atoms with Crippen LogP contribution in [0.2, 0.25) is 0 Å². The molecule has 1 atom stereocenters. The van der Waals surface area contributed by atoms with Gasteiger partial charge in [0.15, 0.2) is 0 Å². The summed E-state index contributed by atoms with van der Waals surface area (Å²) in [5.41, 5.74) is 1.22. The van der Waals surface area contributed by atoms with Crippen molar-refractivity contribution in [1.29, 1.82) is 0 Å². The number of rotatable bonds is 9. The summed E-state index contributed by atoms with van der Waals surface area (Å²) in [4.78, 5) is 30.1. The maximum absolute atomic E-state index is 13.2. The van der Waals surface area contributed by atoms with Crippen molar-refractivity contribution in [1.82, 2.24) is 9.80 Å². The molecule has 0 unspecified atom stereocenters. The Bertz CT molecular complexity index is 1090. The molecule has 0 saturated carbocycles. The van der Waals surface area contributed by atoms with E-state index in [4.69, 9.17) is 14.2 Å². The van der Waals surface area contributed by atoms with Crippen LogP contribution in [0.4, 0.5) is 0 Å². The van der Waals surface area contributed by atoms with Gasteiger partial charge in [0.1, 0.15) is 23.9 Å². The SMILES string of the molecule is C=CCOc1ccc(C(O)=C2C(=O)C(=O)N(CCN3CCOCC3)[C@@H]2c2ccc(OC)cc2)cc1. The van der Waals surface area contributed by atoms with Crippen molar-refractivity contribution in [2.24, 2.45) is 0 Å². The zero-order valence-electron chi connectivity index (χ0n) is 19.8. The van der Waals surface area contributed by atoms with Crippen molar-refractivity contribution in [2.45, 2.75) is 6.04 Å². The predicted molar refractivity (Wildman–Crippen MR) is 131 cm³/mol. The maximum Gasteiger partial charge on any atom is 0.295 e. The standard InChI is InChI=1S/C27H30N2O6/c1-3-16-35-22-10-6-20(7-11-22)25(30)23-24(19-4-8-21(33-2)9-5-19)29(27(32)26(23)31)13-12-28-14-17-34-18-15-28/h3-11,24,30H,1,12-18H2,2H3/t24-/m1/s1. The van der Waals surface area contributed by atoms with Crippen LogP contribution in [0.25, 0.3) is 5.76 Å². The second-order valence-electron chi connectivity index (χ2n) is 8.34. The monoisotopic (exact) mass is 478 g/mol. The zero-order valence-corrected chi connectivity index (χ0v) is 19.8. The number of Topliss-reactive ketones (excluding diaryl/α,β-unsaturated/α-hetero) is 1. The second-order valence-corrected chi connectivity index (χ2v) is 8.34. The lowest BCUT2D eigenvalue weighted by Crippen LogP contribution is -2.42. The Morgan fingerprint density at radius 1 is 1.06 bits per heavy atom. The van der Waals surface area contributed by atoms with Crippen LogP contribution in [-0.4, -0.2) is 79.7 Å². The molecule has 0 bridgehead atoms.